The molecule has 0 saturated carbocycles. The standard InChI is InChI=1S/C12H14ClN5O2S2/c1-20-5-4-14-11-17-18-12(22-11)21-7-10(19)16-9-3-2-8(13)6-15-9/h2-3,6H,4-5,7H2,1H3,(H,14,17)(H,15,16,19). The molecule has 0 unspecified atom stereocenters. The van der Waals surface area contributed by atoms with Crippen molar-refractivity contribution in [1.82, 2.24) is 15.2 Å². The first kappa shape index (κ1) is 16.9. The van der Waals surface area contributed by atoms with Crippen molar-refractivity contribution in [2.75, 3.05) is 36.6 Å². The van der Waals surface area contributed by atoms with E-state index in [0.717, 1.165) is 4.34 Å². The van der Waals surface area contributed by atoms with Crippen molar-refractivity contribution in [2.24, 2.45) is 0 Å². The van der Waals surface area contributed by atoms with Crippen LogP contribution in [-0.2, 0) is 9.53 Å². The topological polar surface area (TPSA) is 89.0 Å². The molecule has 118 valence electrons. The first-order chi connectivity index (χ1) is 10.7. The third kappa shape index (κ3) is 5.76. The van der Waals surface area contributed by atoms with E-state index in [1.165, 1.54) is 29.3 Å². The van der Waals surface area contributed by atoms with Gasteiger partial charge in [0.15, 0.2) is 4.34 Å². The van der Waals surface area contributed by atoms with Crippen molar-refractivity contribution in [3.05, 3.63) is 23.4 Å². The first-order valence-electron chi connectivity index (χ1n) is 6.28. The fraction of sp³-hybridized carbons (Fsp3) is 0.333. The Bertz CT molecular complexity index is 608. The van der Waals surface area contributed by atoms with E-state index in [-0.39, 0.29) is 11.7 Å². The van der Waals surface area contributed by atoms with Crippen LogP contribution in [0.2, 0.25) is 5.02 Å². The molecule has 0 aromatic carbocycles. The molecule has 2 rings (SSSR count). The quantitative estimate of drug-likeness (QED) is 0.552. The highest BCUT2D eigenvalue weighted by Gasteiger charge is 2.08. The van der Waals surface area contributed by atoms with E-state index in [4.69, 9.17) is 16.3 Å². The van der Waals surface area contributed by atoms with Gasteiger partial charge in [-0.15, -0.1) is 10.2 Å². The van der Waals surface area contributed by atoms with Gasteiger partial charge in [0.25, 0.3) is 0 Å². The van der Waals surface area contributed by atoms with Crippen molar-refractivity contribution in [3.63, 3.8) is 0 Å². The number of methoxy groups -OCH3 is 1. The fourth-order valence-corrected chi connectivity index (χ4v) is 3.04. The Kier molecular flexibility index (Phi) is 6.84. The van der Waals surface area contributed by atoms with E-state index in [1.54, 1.807) is 19.2 Å². The van der Waals surface area contributed by atoms with Crippen LogP contribution in [0.15, 0.2) is 22.7 Å². The number of rotatable bonds is 8. The zero-order valence-electron chi connectivity index (χ0n) is 11.7. The number of pyridine rings is 1. The van der Waals surface area contributed by atoms with Crippen LogP contribution < -0.4 is 10.6 Å². The number of carbonyl (C=O) groups excluding carboxylic acids is 1. The van der Waals surface area contributed by atoms with E-state index in [1.807, 2.05) is 0 Å². The molecule has 0 radical (unpaired) electrons. The van der Waals surface area contributed by atoms with Crippen LogP contribution in [0.5, 0.6) is 0 Å². The van der Waals surface area contributed by atoms with Gasteiger partial charge in [-0.3, -0.25) is 4.79 Å². The maximum atomic E-state index is 11.8. The summed E-state index contributed by atoms with van der Waals surface area (Å²) in [4.78, 5) is 15.8. The van der Waals surface area contributed by atoms with E-state index in [9.17, 15) is 4.79 Å². The minimum Gasteiger partial charge on any atom is -0.383 e. The minimum absolute atomic E-state index is 0.163. The zero-order valence-corrected chi connectivity index (χ0v) is 14.1. The molecule has 22 heavy (non-hydrogen) atoms. The number of ether oxygens (including phenoxy) is 1. The highest BCUT2D eigenvalue weighted by Crippen LogP contribution is 2.25. The molecule has 0 spiro atoms. The summed E-state index contributed by atoms with van der Waals surface area (Å²) in [5.41, 5.74) is 0. The molecule has 2 heterocycles. The molecular weight excluding hydrogens is 346 g/mol. The maximum absolute atomic E-state index is 11.8. The molecule has 0 aliphatic carbocycles. The van der Waals surface area contributed by atoms with Crippen LogP contribution in [0.1, 0.15) is 0 Å². The van der Waals surface area contributed by atoms with Crippen molar-refractivity contribution in [1.29, 1.82) is 0 Å². The zero-order chi connectivity index (χ0) is 15.8. The highest BCUT2D eigenvalue weighted by atomic mass is 35.5. The van der Waals surface area contributed by atoms with E-state index in [2.05, 4.69) is 25.8 Å². The molecule has 1 amide bonds. The van der Waals surface area contributed by atoms with Crippen molar-refractivity contribution in [3.8, 4) is 0 Å². The Labute approximate surface area is 140 Å². The number of aromatic nitrogens is 3. The fourth-order valence-electron chi connectivity index (χ4n) is 1.36. The number of nitrogens with one attached hydrogen (secondary N) is 2. The second kappa shape index (κ2) is 8.89. The lowest BCUT2D eigenvalue weighted by Crippen LogP contribution is -2.14. The van der Waals surface area contributed by atoms with Crippen LogP contribution in [0.3, 0.4) is 0 Å². The Balaban J connectivity index is 1.75. The summed E-state index contributed by atoms with van der Waals surface area (Å²) < 4.78 is 5.66. The van der Waals surface area contributed by atoms with Gasteiger partial charge in [0.05, 0.1) is 17.4 Å². The van der Waals surface area contributed by atoms with Crippen LogP contribution in [0.25, 0.3) is 0 Å². The molecule has 2 aromatic rings. The summed E-state index contributed by atoms with van der Waals surface area (Å²) in [6.45, 7) is 1.26. The Morgan fingerprint density at radius 3 is 3.05 bits per heavy atom. The summed E-state index contributed by atoms with van der Waals surface area (Å²) in [5, 5.41) is 15.0. The Morgan fingerprint density at radius 2 is 2.32 bits per heavy atom. The van der Waals surface area contributed by atoms with Gasteiger partial charge in [-0.2, -0.15) is 0 Å². The lowest BCUT2D eigenvalue weighted by Gasteiger charge is -2.02. The average Bonchev–Trinajstić information content (AvgIpc) is 2.96. The normalized spacial score (nSPS) is 10.5. The number of hydrogen-bond donors (Lipinski definition) is 2. The molecule has 0 atom stereocenters. The predicted molar refractivity (Wildman–Crippen MR) is 88.9 cm³/mol. The van der Waals surface area contributed by atoms with Gasteiger partial charge >= 0.3 is 0 Å². The predicted octanol–water partition coefficient (Wildman–Crippen LogP) is 2.38. The van der Waals surface area contributed by atoms with Gasteiger partial charge in [0, 0.05) is 19.9 Å². The van der Waals surface area contributed by atoms with E-state index in [0.29, 0.717) is 29.1 Å². The van der Waals surface area contributed by atoms with Crippen LogP contribution in [0, 0.1) is 0 Å². The van der Waals surface area contributed by atoms with Gasteiger partial charge in [0.2, 0.25) is 11.0 Å². The maximum Gasteiger partial charge on any atom is 0.235 e. The number of halogens is 1. The molecule has 0 aliphatic heterocycles. The smallest absolute Gasteiger partial charge is 0.235 e. The molecule has 0 bridgehead atoms. The molecule has 0 saturated heterocycles. The number of nitrogens with zero attached hydrogens (tertiary/aromatic N) is 3. The lowest BCUT2D eigenvalue weighted by atomic mass is 10.4. The third-order valence-corrected chi connectivity index (χ3v) is 4.55. The minimum atomic E-state index is -0.163. The number of carbonyl (C=O) groups is 1. The van der Waals surface area contributed by atoms with Crippen molar-refractivity contribution in [2.45, 2.75) is 4.34 Å². The molecule has 2 N–H and O–H groups in total. The highest BCUT2D eigenvalue weighted by molar-refractivity contribution is 8.01. The number of amides is 1. The van der Waals surface area contributed by atoms with E-state index >= 15 is 0 Å². The van der Waals surface area contributed by atoms with Gasteiger partial charge in [-0.25, -0.2) is 4.98 Å². The molecule has 7 nitrogen and oxygen atoms in total. The SMILES string of the molecule is COCCNc1nnc(SCC(=O)Nc2ccc(Cl)cn2)s1. The molecule has 2 aromatic heterocycles. The monoisotopic (exact) mass is 359 g/mol. The first-order valence-corrected chi connectivity index (χ1v) is 8.46. The van der Waals surface area contributed by atoms with Gasteiger partial charge in [-0.05, 0) is 12.1 Å². The van der Waals surface area contributed by atoms with Crippen LogP contribution in [-0.4, -0.2) is 47.1 Å². The van der Waals surface area contributed by atoms with E-state index < -0.39 is 0 Å². The number of anilines is 2. The summed E-state index contributed by atoms with van der Waals surface area (Å²) >= 11 is 8.44. The van der Waals surface area contributed by atoms with Gasteiger partial charge in [0.1, 0.15) is 5.82 Å². The summed E-state index contributed by atoms with van der Waals surface area (Å²) in [6, 6.07) is 3.31. The molecular formula is C12H14ClN5O2S2. The lowest BCUT2D eigenvalue weighted by molar-refractivity contribution is -0.113. The Hall–Kier alpha value is -1.42. The Morgan fingerprint density at radius 1 is 1.45 bits per heavy atom. The van der Waals surface area contributed by atoms with Gasteiger partial charge in [-0.1, -0.05) is 34.7 Å². The summed E-state index contributed by atoms with van der Waals surface area (Å²) in [6.07, 6.45) is 1.48. The van der Waals surface area contributed by atoms with Crippen LogP contribution >= 0.6 is 34.7 Å². The van der Waals surface area contributed by atoms with Crippen molar-refractivity contribution >= 4 is 51.6 Å². The summed E-state index contributed by atoms with van der Waals surface area (Å²) in [7, 11) is 1.64. The number of thioether (sulfide) groups is 1. The second-order valence-electron chi connectivity index (χ2n) is 3.99. The molecule has 10 heteroatoms. The average molecular weight is 360 g/mol. The molecule has 0 fully saturated rings. The van der Waals surface area contributed by atoms with Crippen molar-refractivity contribution < 1.29 is 9.53 Å². The number of hydrogen-bond acceptors (Lipinski definition) is 8. The third-order valence-electron chi connectivity index (χ3n) is 2.31. The van der Waals surface area contributed by atoms with Crippen LogP contribution in [0.4, 0.5) is 10.9 Å². The summed E-state index contributed by atoms with van der Waals surface area (Å²) in [5.74, 6) is 0.537. The molecule has 0 aliphatic rings. The van der Waals surface area contributed by atoms with Gasteiger partial charge < -0.3 is 15.4 Å². The second-order valence-corrected chi connectivity index (χ2v) is 6.63. The largest absolute Gasteiger partial charge is 0.383 e.